The second-order valence-electron chi connectivity index (χ2n) is 11.7. The molecule has 0 spiro atoms. The molecule has 5 heteroatoms. The van der Waals surface area contributed by atoms with Gasteiger partial charge in [0, 0.05) is 52.0 Å². The molecule has 8 aromatic rings. The lowest BCUT2D eigenvalue weighted by atomic mass is 9.93. The lowest BCUT2D eigenvalue weighted by molar-refractivity contribution is 1.07. The maximum atomic E-state index is 4.93. The van der Waals surface area contributed by atoms with Gasteiger partial charge in [-0.3, -0.25) is 9.97 Å². The molecule has 1 aliphatic carbocycles. The van der Waals surface area contributed by atoms with Crippen molar-refractivity contribution in [2.24, 2.45) is 0 Å². The van der Waals surface area contributed by atoms with Crippen LogP contribution in [0.25, 0.3) is 78.6 Å². The van der Waals surface area contributed by atoms with E-state index in [0.29, 0.717) is 17.5 Å². The van der Waals surface area contributed by atoms with E-state index in [2.05, 4.69) is 72.8 Å². The number of hydrogen-bond acceptors (Lipinski definition) is 5. The predicted molar refractivity (Wildman–Crippen MR) is 188 cm³/mol. The first-order chi connectivity index (χ1) is 23.3. The molecule has 0 aliphatic heterocycles. The van der Waals surface area contributed by atoms with Crippen LogP contribution in [0.15, 0.2) is 152 Å². The van der Waals surface area contributed by atoms with Crippen LogP contribution in [0.2, 0.25) is 0 Å². The summed E-state index contributed by atoms with van der Waals surface area (Å²) in [5.41, 5.74) is 12.0. The van der Waals surface area contributed by atoms with Crippen molar-refractivity contribution in [3.8, 4) is 67.8 Å². The molecule has 3 aromatic heterocycles. The SMILES string of the molecule is c1ccc(-c2nc(-c3ccccc3)nc(-c3ccc(-c4cccc5c(-c6cccc7c6-c6ncccc6C7)nccc45)cc3)n2)cc1. The second-order valence-corrected chi connectivity index (χ2v) is 11.7. The highest BCUT2D eigenvalue weighted by Gasteiger charge is 2.24. The van der Waals surface area contributed by atoms with Gasteiger partial charge in [-0.05, 0) is 39.8 Å². The van der Waals surface area contributed by atoms with E-state index in [4.69, 9.17) is 24.9 Å². The summed E-state index contributed by atoms with van der Waals surface area (Å²) >= 11 is 0. The largest absolute Gasteiger partial charge is 0.256 e. The summed E-state index contributed by atoms with van der Waals surface area (Å²) in [6, 6.07) is 47.9. The quantitative estimate of drug-likeness (QED) is 0.197. The summed E-state index contributed by atoms with van der Waals surface area (Å²) < 4.78 is 0. The highest BCUT2D eigenvalue weighted by atomic mass is 15.0. The van der Waals surface area contributed by atoms with Gasteiger partial charge < -0.3 is 0 Å². The summed E-state index contributed by atoms with van der Waals surface area (Å²) in [4.78, 5) is 24.3. The maximum absolute atomic E-state index is 4.93. The Kier molecular flexibility index (Phi) is 6.46. The Bertz CT molecular complexity index is 2360. The van der Waals surface area contributed by atoms with Crippen molar-refractivity contribution < 1.29 is 0 Å². The zero-order valence-electron chi connectivity index (χ0n) is 25.4. The third-order valence-corrected chi connectivity index (χ3v) is 8.87. The minimum Gasteiger partial charge on any atom is -0.256 e. The van der Waals surface area contributed by atoms with Gasteiger partial charge in [-0.25, -0.2) is 15.0 Å². The number of nitrogens with zero attached hydrogens (tertiary/aromatic N) is 5. The van der Waals surface area contributed by atoms with Crippen LogP contribution in [0.5, 0.6) is 0 Å². The molecule has 3 heterocycles. The van der Waals surface area contributed by atoms with Gasteiger partial charge in [-0.1, -0.05) is 127 Å². The molecule has 0 amide bonds. The summed E-state index contributed by atoms with van der Waals surface area (Å²) in [5, 5.41) is 2.27. The number of fused-ring (bicyclic) bond motifs is 4. The number of aromatic nitrogens is 5. The number of rotatable bonds is 5. The third kappa shape index (κ3) is 4.77. The number of benzene rings is 5. The van der Waals surface area contributed by atoms with E-state index >= 15 is 0 Å². The van der Waals surface area contributed by atoms with Gasteiger partial charge in [-0.15, -0.1) is 0 Å². The average molecular weight is 602 g/mol. The Morgan fingerprint density at radius 1 is 0.362 bits per heavy atom. The first-order valence-corrected chi connectivity index (χ1v) is 15.7. The molecule has 0 unspecified atom stereocenters. The smallest absolute Gasteiger partial charge is 0.164 e. The lowest BCUT2D eigenvalue weighted by Gasteiger charge is -2.14. The Morgan fingerprint density at radius 2 is 0.936 bits per heavy atom. The van der Waals surface area contributed by atoms with E-state index in [0.717, 1.165) is 62.0 Å². The minimum atomic E-state index is 0.639. The Labute approximate surface area is 272 Å². The fourth-order valence-electron chi connectivity index (χ4n) is 6.65. The Morgan fingerprint density at radius 3 is 1.64 bits per heavy atom. The summed E-state index contributed by atoms with van der Waals surface area (Å²) in [6.07, 6.45) is 4.70. The molecule has 0 bridgehead atoms. The minimum absolute atomic E-state index is 0.639. The van der Waals surface area contributed by atoms with Gasteiger partial charge >= 0.3 is 0 Å². The zero-order valence-corrected chi connectivity index (χ0v) is 25.4. The molecule has 0 atom stereocenters. The van der Waals surface area contributed by atoms with Crippen LogP contribution in [-0.2, 0) is 6.42 Å². The highest BCUT2D eigenvalue weighted by Crippen LogP contribution is 2.43. The van der Waals surface area contributed by atoms with Crippen molar-refractivity contribution >= 4 is 10.8 Å². The van der Waals surface area contributed by atoms with Gasteiger partial charge in [0.05, 0.1) is 11.4 Å². The molecule has 9 rings (SSSR count). The molecule has 0 saturated heterocycles. The molecule has 0 radical (unpaired) electrons. The van der Waals surface area contributed by atoms with Crippen molar-refractivity contribution in [2.45, 2.75) is 6.42 Å². The zero-order chi connectivity index (χ0) is 31.2. The fourth-order valence-corrected chi connectivity index (χ4v) is 6.65. The molecule has 1 aliphatic rings. The first-order valence-electron chi connectivity index (χ1n) is 15.7. The van der Waals surface area contributed by atoms with Crippen molar-refractivity contribution in [3.05, 3.63) is 163 Å². The molecule has 0 N–H and O–H groups in total. The van der Waals surface area contributed by atoms with E-state index in [9.17, 15) is 0 Å². The summed E-state index contributed by atoms with van der Waals surface area (Å²) in [5.74, 6) is 1.94. The van der Waals surface area contributed by atoms with E-state index in [-0.39, 0.29) is 0 Å². The van der Waals surface area contributed by atoms with E-state index in [1.807, 2.05) is 79.1 Å². The van der Waals surface area contributed by atoms with E-state index in [1.165, 1.54) is 16.7 Å². The Hall–Kier alpha value is -6.33. The van der Waals surface area contributed by atoms with Crippen LogP contribution >= 0.6 is 0 Å². The van der Waals surface area contributed by atoms with Crippen LogP contribution in [0.4, 0.5) is 0 Å². The highest BCUT2D eigenvalue weighted by molar-refractivity contribution is 6.05. The van der Waals surface area contributed by atoms with Crippen molar-refractivity contribution in [1.29, 1.82) is 0 Å². The van der Waals surface area contributed by atoms with Crippen molar-refractivity contribution in [2.75, 3.05) is 0 Å². The van der Waals surface area contributed by atoms with Gasteiger partial charge in [0.1, 0.15) is 0 Å². The van der Waals surface area contributed by atoms with Gasteiger partial charge in [0.25, 0.3) is 0 Å². The van der Waals surface area contributed by atoms with Crippen LogP contribution in [-0.4, -0.2) is 24.9 Å². The van der Waals surface area contributed by atoms with Crippen LogP contribution in [0.1, 0.15) is 11.1 Å². The lowest BCUT2D eigenvalue weighted by Crippen LogP contribution is -2.00. The monoisotopic (exact) mass is 601 g/mol. The van der Waals surface area contributed by atoms with Crippen molar-refractivity contribution in [3.63, 3.8) is 0 Å². The second kappa shape index (κ2) is 11.2. The molecular weight excluding hydrogens is 574 g/mol. The summed E-state index contributed by atoms with van der Waals surface area (Å²) in [6.45, 7) is 0. The van der Waals surface area contributed by atoms with E-state index in [1.54, 1.807) is 0 Å². The first kappa shape index (κ1) is 27.0. The normalized spacial score (nSPS) is 11.7. The number of pyridine rings is 2. The van der Waals surface area contributed by atoms with Crippen molar-refractivity contribution in [1.82, 2.24) is 24.9 Å². The standard InChI is InChI=1S/C42H27N5/c1-3-10-28(11-4-1)40-45-41(29-12-5-2-6-13-29)47-42(46-40)30-21-19-27(20-22-30)33-16-8-17-35-34(33)23-25-44-39(35)36-18-7-14-31-26-32-15-9-24-43-38(32)37(31)36/h1-25H,26H2. The molecular formula is C42H27N5. The topological polar surface area (TPSA) is 64.5 Å². The maximum Gasteiger partial charge on any atom is 0.164 e. The van der Waals surface area contributed by atoms with Gasteiger partial charge in [-0.2, -0.15) is 0 Å². The van der Waals surface area contributed by atoms with Crippen LogP contribution in [0, 0.1) is 0 Å². The molecule has 5 aromatic carbocycles. The van der Waals surface area contributed by atoms with E-state index < -0.39 is 0 Å². The van der Waals surface area contributed by atoms with Gasteiger partial charge in [0.2, 0.25) is 0 Å². The molecule has 5 nitrogen and oxygen atoms in total. The van der Waals surface area contributed by atoms with Crippen LogP contribution < -0.4 is 0 Å². The number of hydrogen-bond donors (Lipinski definition) is 0. The Balaban J connectivity index is 1.13. The van der Waals surface area contributed by atoms with Crippen LogP contribution in [0.3, 0.4) is 0 Å². The molecule has 220 valence electrons. The third-order valence-electron chi connectivity index (χ3n) is 8.87. The summed E-state index contributed by atoms with van der Waals surface area (Å²) in [7, 11) is 0. The molecule has 0 saturated carbocycles. The molecule has 47 heavy (non-hydrogen) atoms. The fraction of sp³-hybridized carbons (Fsp3) is 0.0238. The van der Waals surface area contributed by atoms with Gasteiger partial charge in [0.15, 0.2) is 17.5 Å². The molecule has 0 fully saturated rings. The average Bonchev–Trinajstić information content (AvgIpc) is 3.54. The predicted octanol–water partition coefficient (Wildman–Crippen LogP) is 9.72.